The van der Waals surface area contributed by atoms with Crippen LogP contribution in [0.1, 0.15) is 36.2 Å². The number of aromatic nitrogens is 3. The zero-order valence-corrected chi connectivity index (χ0v) is 18.0. The minimum atomic E-state index is -0.857. The summed E-state index contributed by atoms with van der Waals surface area (Å²) in [6, 6.07) is 6.48. The molecule has 3 aromatic heterocycles. The highest BCUT2D eigenvalue weighted by atomic mass is 32.1. The number of azo groups is 1. The summed E-state index contributed by atoms with van der Waals surface area (Å²) >= 11 is 1.57. The van der Waals surface area contributed by atoms with E-state index >= 15 is 0 Å². The van der Waals surface area contributed by atoms with Crippen molar-refractivity contribution in [2.24, 2.45) is 17.3 Å². The number of hydrogen-bond donors (Lipinski definition) is 1. The van der Waals surface area contributed by atoms with Crippen LogP contribution < -0.4 is 5.56 Å². The van der Waals surface area contributed by atoms with E-state index in [0.29, 0.717) is 10.8 Å². The Bertz CT molecular complexity index is 1430. The van der Waals surface area contributed by atoms with Gasteiger partial charge in [-0.15, -0.1) is 21.6 Å². The molecular weight excluding hydrogens is 414 g/mol. The second-order valence-corrected chi connectivity index (χ2v) is 8.89. The van der Waals surface area contributed by atoms with Crippen molar-refractivity contribution in [1.29, 1.82) is 0 Å². The first-order chi connectivity index (χ1) is 15.0. The average molecular weight is 436 g/mol. The highest BCUT2D eigenvalue weighted by Gasteiger charge is 2.23. The second kappa shape index (κ2) is 7.42. The lowest BCUT2D eigenvalue weighted by molar-refractivity contribution is -0.121. The Morgan fingerprint density at radius 1 is 1.26 bits per heavy atom. The zero-order valence-electron chi connectivity index (χ0n) is 17.2. The first kappa shape index (κ1) is 19.6. The number of nitrogens with zero attached hydrogens (tertiary/aromatic N) is 5. The van der Waals surface area contributed by atoms with Crippen LogP contribution in [0.4, 0.5) is 5.69 Å². The smallest absolute Gasteiger partial charge is 0.287 e. The number of para-hydroxylation sites is 1. The van der Waals surface area contributed by atoms with Crippen molar-refractivity contribution >= 4 is 44.1 Å². The van der Waals surface area contributed by atoms with Gasteiger partial charge in [0.1, 0.15) is 10.9 Å². The van der Waals surface area contributed by atoms with Crippen molar-refractivity contribution in [2.75, 3.05) is 0 Å². The summed E-state index contributed by atoms with van der Waals surface area (Å²) in [7, 11) is 1.71. The Labute approximate surface area is 181 Å². The average Bonchev–Trinajstić information content (AvgIpc) is 3.28. The molecule has 0 saturated carbocycles. The molecule has 31 heavy (non-hydrogen) atoms. The molecule has 1 unspecified atom stereocenters. The molecule has 1 atom stereocenters. The quantitative estimate of drug-likeness (QED) is 0.482. The number of carbonyl (C=O) groups is 1. The number of thiophene rings is 1. The maximum atomic E-state index is 13.2. The first-order valence-corrected chi connectivity index (χ1v) is 11.0. The maximum absolute atomic E-state index is 13.2. The number of hydrogen-bond acceptors (Lipinski definition) is 6. The number of carbonyl (C=O) groups excluding carboxylic acids is 1. The number of aryl methyl sites for hydroxylation is 3. The summed E-state index contributed by atoms with van der Waals surface area (Å²) in [5.74, 6) is -0.657. The molecule has 1 amide bonds. The molecule has 0 radical (unpaired) electrons. The third-order valence-electron chi connectivity index (χ3n) is 5.97. The molecule has 1 N–H and O–H groups in total. The lowest BCUT2D eigenvalue weighted by Crippen LogP contribution is -2.27. The van der Waals surface area contributed by atoms with Crippen LogP contribution >= 0.6 is 11.3 Å². The Hall–Kier alpha value is -3.33. The molecule has 3 heterocycles. The third kappa shape index (κ3) is 3.07. The molecule has 1 aromatic carbocycles. The summed E-state index contributed by atoms with van der Waals surface area (Å²) < 4.78 is 2.91. The second-order valence-electron chi connectivity index (χ2n) is 7.81. The SMILES string of the molecule is CC(C(=O)N=Nc1c(O)n(C)c2ccccc12)n1cnc2sc3c(c2c1=O)CCCC3. The van der Waals surface area contributed by atoms with Gasteiger partial charge in [-0.25, -0.2) is 4.98 Å². The van der Waals surface area contributed by atoms with Crippen LogP contribution in [0.3, 0.4) is 0 Å². The van der Waals surface area contributed by atoms with Crippen molar-refractivity contribution in [2.45, 2.75) is 38.6 Å². The number of amides is 1. The van der Waals surface area contributed by atoms with Crippen LogP contribution in [0.15, 0.2) is 45.6 Å². The maximum Gasteiger partial charge on any atom is 0.287 e. The molecule has 158 valence electrons. The van der Waals surface area contributed by atoms with E-state index in [-0.39, 0.29) is 17.1 Å². The standard InChI is InChI=1S/C22H21N5O3S/c1-12(19(28)25-24-18-13-7-3-5-9-15(13)26(2)22(18)30)27-11-23-20-17(21(27)29)14-8-4-6-10-16(14)31-20/h3,5,7,9,11-12,30H,4,6,8,10H2,1-2H3. The number of fused-ring (bicyclic) bond motifs is 4. The summed E-state index contributed by atoms with van der Waals surface area (Å²) in [6.07, 6.45) is 5.46. The fourth-order valence-corrected chi connectivity index (χ4v) is 5.41. The van der Waals surface area contributed by atoms with E-state index < -0.39 is 11.9 Å². The fraction of sp³-hybridized carbons (Fsp3) is 0.318. The lowest BCUT2D eigenvalue weighted by Gasteiger charge is -2.12. The van der Waals surface area contributed by atoms with Crippen LogP contribution in [-0.4, -0.2) is 25.1 Å². The molecule has 1 aliphatic carbocycles. The van der Waals surface area contributed by atoms with Crippen LogP contribution in [0, 0.1) is 0 Å². The molecule has 4 aromatic rings. The third-order valence-corrected chi connectivity index (χ3v) is 7.17. The van der Waals surface area contributed by atoms with Gasteiger partial charge in [0, 0.05) is 17.3 Å². The van der Waals surface area contributed by atoms with Crippen LogP contribution in [-0.2, 0) is 24.7 Å². The molecule has 0 spiro atoms. The van der Waals surface area contributed by atoms with Crippen LogP contribution in [0.2, 0.25) is 0 Å². The summed E-state index contributed by atoms with van der Waals surface area (Å²) in [5.41, 5.74) is 1.88. The minimum Gasteiger partial charge on any atom is -0.493 e. The Balaban J connectivity index is 1.50. The predicted octanol–water partition coefficient (Wildman–Crippen LogP) is 4.41. The lowest BCUT2D eigenvalue weighted by atomic mass is 9.97. The first-order valence-electron chi connectivity index (χ1n) is 10.2. The van der Waals surface area contributed by atoms with Gasteiger partial charge in [-0.1, -0.05) is 18.2 Å². The highest BCUT2D eigenvalue weighted by Crippen LogP contribution is 2.38. The minimum absolute atomic E-state index is 0.0736. The van der Waals surface area contributed by atoms with Crippen molar-refractivity contribution in [3.63, 3.8) is 0 Å². The highest BCUT2D eigenvalue weighted by molar-refractivity contribution is 7.18. The summed E-state index contributed by atoms with van der Waals surface area (Å²) in [6.45, 7) is 1.61. The van der Waals surface area contributed by atoms with Crippen LogP contribution in [0.25, 0.3) is 21.1 Å². The molecule has 0 saturated heterocycles. The Kier molecular flexibility index (Phi) is 4.70. The van der Waals surface area contributed by atoms with Crippen molar-refractivity contribution in [3.05, 3.63) is 51.4 Å². The van der Waals surface area contributed by atoms with Gasteiger partial charge in [-0.3, -0.25) is 14.2 Å². The molecule has 0 aliphatic heterocycles. The van der Waals surface area contributed by atoms with Gasteiger partial charge in [0.2, 0.25) is 5.88 Å². The molecule has 0 bridgehead atoms. The van der Waals surface area contributed by atoms with Crippen LogP contribution in [0.5, 0.6) is 5.88 Å². The predicted molar refractivity (Wildman–Crippen MR) is 119 cm³/mol. The Morgan fingerprint density at radius 3 is 2.87 bits per heavy atom. The largest absolute Gasteiger partial charge is 0.493 e. The van der Waals surface area contributed by atoms with E-state index in [0.717, 1.165) is 41.6 Å². The van der Waals surface area contributed by atoms with E-state index in [9.17, 15) is 14.7 Å². The number of benzene rings is 1. The fourth-order valence-electron chi connectivity index (χ4n) is 4.20. The molecular formula is C22H21N5O3S. The number of aromatic hydroxyl groups is 1. The van der Waals surface area contributed by atoms with E-state index in [1.54, 1.807) is 35.9 Å². The molecule has 9 heteroatoms. The van der Waals surface area contributed by atoms with E-state index in [4.69, 9.17) is 0 Å². The van der Waals surface area contributed by atoms with Crippen molar-refractivity contribution in [1.82, 2.24) is 14.1 Å². The van der Waals surface area contributed by atoms with Gasteiger partial charge in [-0.2, -0.15) is 0 Å². The van der Waals surface area contributed by atoms with Crippen molar-refractivity contribution < 1.29 is 9.90 Å². The van der Waals surface area contributed by atoms with E-state index in [2.05, 4.69) is 15.2 Å². The van der Waals surface area contributed by atoms with Gasteiger partial charge in [0.25, 0.3) is 11.5 Å². The topological polar surface area (TPSA) is 102 Å². The van der Waals surface area contributed by atoms with Gasteiger partial charge < -0.3 is 9.67 Å². The molecule has 1 aliphatic rings. The Morgan fingerprint density at radius 2 is 2.03 bits per heavy atom. The number of rotatable bonds is 3. The summed E-state index contributed by atoms with van der Waals surface area (Å²) in [5, 5.41) is 19.5. The summed E-state index contributed by atoms with van der Waals surface area (Å²) in [4.78, 5) is 32.3. The van der Waals surface area contributed by atoms with Gasteiger partial charge in [0.05, 0.1) is 17.2 Å². The molecule has 8 nitrogen and oxygen atoms in total. The van der Waals surface area contributed by atoms with Gasteiger partial charge in [0.15, 0.2) is 5.69 Å². The van der Waals surface area contributed by atoms with E-state index in [1.807, 2.05) is 18.2 Å². The van der Waals surface area contributed by atoms with Gasteiger partial charge in [-0.05, 0) is 44.2 Å². The van der Waals surface area contributed by atoms with Gasteiger partial charge >= 0.3 is 0 Å². The molecule has 0 fully saturated rings. The zero-order chi connectivity index (χ0) is 21.7. The molecule has 5 rings (SSSR count). The van der Waals surface area contributed by atoms with Crippen molar-refractivity contribution in [3.8, 4) is 5.88 Å². The van der Waals surface area contributed by atoms with E-state index in [1.165, 1.54) is 15.8 Å². The monoisotopic (exact) mass is 435 g/mol. The normalized spacial score (nSPS) is 15.0.